The first-order chi connectivity index (χ1) is 7.36. The number of carboxylic acid groups (broad SMARTS) is 1. The normalized spacial score (nSPS) is 11.5. The molecule has 1 rings (SSSR count). The van der Waals surface area contributed by atoms with Crippen LogP contribution in [0.1, 0.15) is 25.0 Å². The second-order valence-electron chi connectivity index (χ2n) is 4.67. The van der Waals surface area contributed by atoms with E-state index >= 15 is 0 Å². The van der Waals surface area contributed by atoms with Crippen molar-refractivity contribution >= 4 is 17.7 Å². The molecule has 1 aromatic carbocycles. The van der Waals surface area contributed by atoms with Gasteiger partial charge in [0.25, 0.3) is 0 Å². The Morgan fingerprint density at radius 3 is 2.56 bits per heavy atom. The molecule has 0 bridgehead atoms. The maximum atomic E-state index is 11.0. The molecule has 0 saturated heterocycles. The van der Waals surface area contributed by atoms with Crippen LogP contribution in [0.25, 0.3) is 0 Å². The fourth-order valence-corrected chi connectivity index (χ4v) is 2.22. The van der Waals surface area contributed by atoms with Crippen molar-refractivity contribution in [3.63, 3.8) is 0 Å². The Balaban J connectivity index is 2.94. The van der Waals surface area contributed by atoms with Gasteiger partial charge in [-0.05, 0) is 50.6 Å². The molecule has 1 aromatic rings. The molecule has 2 nitrogen and oxygen atoms in total. The first kappa shape index (κ1) is 13.1. The van der Waals surface area contributed by atoms with E-state index in [-0.39, 0.29) is 0 Å². The van der Waals surface area contributed by atoms with Crippen LogP contribution in [0.5, 0.6) is 0 Å². The van der Waals surface area contributed by atoms with Gasteiger partial charge >= 0.3 is 5.97 Å². The number of carbonyl (C=O) groups is 1. The fraction of sp³-hybridized carbons (Fsp3) is 0.462. The quantitative estimate of drug-likeness (QED) is 0.817. The third-order valence-electron chi connectivity index (χ3n) is 2.70. The summed E-state index contributed by atoms with van der Waals surface area (Å²) < 4.78 is 0. The minimum atomic E-state index is -0.751. The van der Waals surface area contributed by atoms with Gasteiger partial charge in [0.2, 0.25) is 0 Å². The highest BCUT2D eigenvalue weighted by molar-refractivity contribution is 7.98. The Kier molecular flexibility index (Phi) is 4.03. The molecule has 0 aliphatic heterocycles. The monoisotopic (exact) mass is 238 g/mol. The van der Waals surface area contributed by atoms with E-state index in [4.69, 9.17) is 5.11 Å². The van der Waals surface area contributed by atoms with E-state index in [1.807, 2.05) is 12.3 Å². The molecule has 0 amide bonds. The lowest BCUT2D eigenvalue weighted by Gasteiger charge is -2.19. The molecule has 0 aliphatic carbocycles. The molecule has 16 heavy (non-hydrogen) atoms. The van der Waals surface area contributed by atoms with E-state index in [2.05, 4.69) is 19.1 Å². The average molecular weight is 238 g/mol. The van der Waals surface area contributed by atoms with Crippen molar-refractivity contribution in [2.75, 3.05) is 6.26 Å². The smallest absolute Gasteiger partial charge is 0.309 e. The van der Waals surface area contributed by atoms with Crippen LogP contribution in [-0.4, -0.2) is 17.3 Å². The molecular weight excluding hydrogens is 220 g/mol. The number of hydrogen-bond donors (Lipinski definition) is 1. The van der Waals surface area contributed by atoms with Gasteiger partial charge in [0, 0.05) is 4.90 Å². The average Bonchev–Trinajstić information content (AvgIpc) is 2.20. The lowest BCUT2D eigenvalue weighted by molar-refractivity contribution is -0.146. The maximum absolute atomic E-state index is 11.0. The van der Waals surface area contributed by atoms with Crippen LogP contribution in [0.4, 0.5) is 0 Å². The number of thioether (sulfide) groups is 1. The van der Waals surface area contributed by atoms with Gasteiger partial charge in [-0.15, -0.1) is 11.8 Å². The Labute approximate surface area is 101 Å². The van der Waals surface area contributed by atoms with Crippen LogP contribution < -0.4 is 0 Å². The second kappa shape index (κ2) is 4.91. The second-order valence-corrected chi connectivity index (χ2v) is 5.52. The Morgan fingerprint density at radius 1 is 1.44 bits per heavy atom. The zero-order valence-corrected chi connectivity index (χ0v) is 11.0. The molecule has 0 radical (unpaired) electrons. The minimum Gasteiger partial charge on any atom is -0.481 e. The summed E-state index contributed by atoms with van der Waals surface area (Å²) in [5.74, 6) is -0.751. The van der Waals surface area contributed by atoms with Crippen molar-refractivity contribution in [1.29, 1.82) is 0 Å². The van der Waals surface area contributed by atoms with Gasteiger partial charge < -0.3 is 5.11 Å². The van der Waals surface area contributed by atoms with Crippen molar-refractivity contribution in [3.8, 4) is 0 Å². The maximum Gasteiger partial charge on any atom is 0.309 e. The van der Waals surface area contributed by atoms with Crippen LogP contribution in [0, 0.1) is 12.3 Å². The highest BCUT2D eigenvalue weighted by Gasteiger charge is 2.27. The minimum absolute atomic E-state index is 0.566. The molecule has 0 heterocycles. The number of benzene rings is 1. The van der Waals surface area contributed by atoms with Crippen molar-refractivity contribution in [3.05, 3.63) is 29.3 Å². The first-order valence-electron chi connectivity index (χ1n) is 5.24. The third kappa shape index (κ3) is 3.01. The highest BCUT2D eigenvalue weighted by Crippen LogP contribution is 2.26. The van der Waals surface area contributed by atoms with Gasteiger partial charge in [0.05, 0.1) is 5.41 Å². The zero-order chi connectivity index (χ0) is 12.3. The van der Waals surface area contributed by atoms with Crippen molar-refractivity contribution in [2.24, 2.45) is 5.41 Å². The first-order valence-corrected chi connectivity index (χ1v) is 6.46. The van der Waals surface area contributed by atoms with Crippen LogP contribution in [0.3, 0.4) is 0 Å². The largest absolute Gasteiger partial charge is 0.481 e. The number of rotatable bonds is 4. The van der Waals surface area contributed by atoms with Crippen molar-refractivity contribution in [1.82, 2.24) is 0 Å². The zero-order valence-electron chi connectivity index (χ0n) is 10.2. The van der Waals surface area contributed by atoms with Crippen molar-refractivity contribution in [2.45, 2.75) is 32.1 Å². The van der Waals surface area contributed by atoms with Crippen LogP contribution in [0.2, 0.25) is 0 Å². The summed E-state index contributed by atoms with van der Waals surface area (Å²) in [5.41, 5.74) is 1.62. The van der Waals surface area contributed by atoms with E-state index in [0.29, 0.717) is 6.42 Å². The Morgan fingerprint density at radius 2 is 2.06 bits per heavy atom. The van der Waals surface area contributed by atoms with E-state index in [1.54, 1.807) is 25.6 Å². The molecule has 88 valence electrons. The van der Waals surface area contributed by atoms with Crippen LogP contribution in [-0.2, 0) is 11.2 Å². The van der Waals surface area contributed by atoms with E-state index in [0.717, 1.165) is 5.56 Å². The summed E-state index contributed by atoms with van der Waals surface area (Å²) in [6.07, 6.45) is 2.60. The summed E-state index contributed by atoms with van der Waals surface area (Å²) in [7, 11) is 0. The van der Waals surface area contributed by atoms with Crippen molar-refractivity contribution < 1.29 is 9.90 Å². The highest BCUT2D eigenvalue weighted by atomic mass is 32.2. The predicted octanol–water partition coefficient (Wildman–Crippen LogP) is 3.37. The van der Waals surface area contributed by atoms with Gasteiger partial charge in [-0.25, -0.2) is 0 Å². The predicted molar refractivity (Wildman–Crippen MR) is 68.1 cm³/mol. The number of aryl methyl sites for hydroxylation is 1. The number of aliphatic carboxylic acids is 1. The van der Waals surface area contributed by atoms with Gasteiger partial charge in [0.1, 0.15) is 0 Å². The molecule has 0 saturated carbocycles. The van der Waals surface area contributed by atoms with E-state index in [1.165, 1.54) is 10.5 Å². The molecule has 0 atom stereocenters. The summed E-state index contributed by atoms with van der Waals surface area (Å²) >= 11 is 1.70. The summed E-state index contributed by atoms with van der Waals surface area (Å²) in [4.78, 5) is 12.3. The molecule has 0 fully saturated rings. The number of carboxylic acids is 1. The summed E-state index contributed by atoms with van der Waals surface area (Å²) in [5, 5.41) is 9.08. The summed E-state index contributed by atoms with van der Waals surface area (Å²) in [6, 6.07) is 6.16. The molecular formula is C13H18O2S. The molecule has 3 heteroatoms. The lowest BCUT2D eigenvalue weighted by Crippen LogP contribution is -2.26. The molecule has 1 N–H and O–H groups in total. The van der Waals surface area contributed by atoms with Crippen LogP contribution in [0.15, 0.2) is 23.1 Å². The van der Waals surface area contributed by atoms with Gasteiger partial charge in [0.15, 0.2) is 0 Å². The standard InChI is InChI=1S/C13H18O2S/c1-9-5-6-10(7-11(9)16-4)8-13(2,3)12(14)15/h5-7H,8H2,1-4H3,(H,14,15). The molecule has 0 unspecified atom stereocenters. The SMILES string of the molecule is CSc1cc(CC(C)(C)C(=O)O)ccc1C. The van der Waals surface area contributed by atoms with Gasteiger partial charge in [-0.2, -0.15) is 0 Å². The Hall–Kier alpha value is -0.960. The topological polar surface area (TPSA) is 37.3 Å². The molecule has 0 aromatic heterocycles. The fourth-order valence-electron chi connectivity index (χ4n) is 1.56. The lowest BCUT2D eigenvalue weighted by atomic mass is 9.86. The van der Waals surface area contributed by atoms with Gasteiger partial charge in [-0.1, -0.05) is 12.1 Å². The molecule has 0 spiro atoms. The molecule has 0 aliphatic rings. The Bertz CT molecular complexity index is 397. The van der Waals surface area contributed by atoms with Crippen LogP contribution >= 0.6 is 11.8 Å². The summed E-state index contributed by atoms with van der Waals surface area (Å²) in [6.45, 7) is 5.58. The number of hydrogen-bond acceptors (Lipinski definition) is 2. The van der Waals surface area contributed by atoms with E-state index in [9.17, 15) is 4.79 Å². The third-order valence-corrected chi connectivity index (χ3v) is 3.58. The van der Waals surface area contributed by atoms with Gasteiger partial charge in [-0.3, -0.25) is 4.79 Å². The van der Waals surface area contributed by atoms with E-state index < -0.39 is 11.4 Å².